The van der Waals surface area contributed by atoms with Gasteiger partial charge in [-0.3, -0.25) is 4.79 Å². The third kappa shape index (κ3) is 4.88. The Hall–Kier alpha value is -0.570. The number of carbonyl (C=O) groups excluding carboxylic acids is 1. The van der Waals surface area contributed by atoms with Gasteiger partial charge in [-0.1, -0.05) is 6.92 Å². The summed E-state index contributed by atoms with van der Waals surface area (Å²) < 4.78 is 0. The summed E-state index contributed by atoms with van der Waals surface area (Å²) in [5.41, 5.74) is 5.36. The Bertz CT molecular complexity index is 172. The largest absolute Gasteiger partial charge is 0.343 e. The van der Waals surface area contributed by atoms with E-state index in [1.54, 1.807) is 4.90 Å². The van der Waals surface area contributed by atoms with E-state index in [0.717, 1.165) is 6.42 Å². The first-order chi connectivity index (χ1) is 5.78. The van der Waals surface area contributed by atoms with Crippen molar-refractivity contribution in [2.24, 2.45) is 5.73 Å². The number of nitrogens with two attached hydrogens (primary N) is 1. The fraction of sp³-hybridized carbons (Fsp3) is 0.900. The fourth-order valence-electron chi connectivity index (χ4n) is 1.03. The van der Waals surface area contributed by atoms with Crippen LogP contribution in [0.2, 0.25) is 0 Å². The molecule has 0 aromatic rings. The Balaban J connectivity index is 4.12. The van der Waals surface area contributed by atoms with Gasteiger partial charge >= 0.3 is 0 Å². The number of carbonyl (C=O) groups is 1. The van der Waals surface area contributed by atoms with Crippen molar-refractivity contribution in [2.45, 2.75) is 52.1 Å². The van der Waals surface area contributed by atoms with Gasteiger partial charge in [-0.25, -0.2) is 0 Å². The molecule has 0 spiro atoms. The maximum Gasteiger partial charge on any atom is 0.224 e. The normalized spacial score (nSPS) is 14.0. The van der Waals surface area contributed by atoms with Crippen molar-refractivity contribution in [3.8, 4) is 0 Å². The first-order valence-electron chi connectivity index (χ1n) is 4.82. The van der Waals surface area contributed by atoms with E-state index in [0.29, 0.717) is 12.5 Å². The molecule has 3 heteroatoms. The molecule has 0 radical (unpaired) electrons. The van der Waals surface area contributed by atoms with Gasteiger partial charge in [0.2, 0.25) is 5.91 Å². The monoisotopic (exact) mass is 186 g/mol. The molecule has 0 aliphatic carbocycles. The Morgan fingerprint density at radius 1 is 1.54 bits per heavy atom. The van der Waals surface area contributed by atoms with E-state index in [4.69, 9.17) is 5.73 Å². The van der Waals surface area contributed by atoms with Crippen LogP contribution in [-0.4, -0.2) is 29.4 Å². The van der Waals surface area contributed by atoms with Crippen LogP contribution in [0.5, 0.6) is 0 Å². The van der Waals surface area contributed by atoms with E-state index >= 15 is 0 Å². The summed E-state index contributed by atoms with van der Waals surface area (Å²) in [6.07, 6.45) is 1.39. The van der Waals surface area contributed by atoms with Crippen LogP contribution >= 0.6 is 0 Å². The first kappa shape index (κ1) is 12.4. The molecule has 0 saturated heterocycles. The topological polar surface area (TPSA) is 46.3 Å². The van der Waals surface area contributed by atoms with Gasteiger partial charge in [0.15, 0.2) is 0 Å². The molecule has 1 amide bonds. The molecular weight excluding hydrogens is 164 g/mol. The van der Waals surface area contributed by atoms with Crippen molar-refractivity contribution in [3.05, 3.63) is 0 Å². The Morgan fingerprint density at radius 2 is 2.00 bits per heavy atom. The summed E-state index contributed by atoms with van der Waals surface area (Å²) >= 11 is 0. The van der Waals surface area contributed by atoms with Crippen LogP contribution in [0.4, 0.5) is 0 Å². The molecule has 0 heterocycles. The van der Waals surface area contributed by atoms with E-state index in [1.807, 2.05) is 27.8 Å². The van der Waals surface area contributed by atoms with Gasteiger partial charge in [0.25, 0.3) is 0 Å². The van der Waals surface area contributed by atoms with Crippen molar-refractivity contribution >= 4 is 5.91 Å². The van der Waals surface area contributed by atoms with Gasteiger partial charge in [0.05, 0.1) is 0 Å². The fourth-order valence-corrected chi connectivity index (χ4v) is 1.03. The maximum absolute atomic E-state index is 11.6. The van der Waals surface area contributed by atoms with Gasteiger partial charge < -0.3 is 10.6 Å². The lowest BCUT2D eigenvalue weighted by Gasteiger charge is -2.27. The van der Waals surface area contributed by atoms with Crippen LogP contribution < -0.4 is 5.73 Å². The van der Waals surface area contributed by atoms with E-state index in [9.17, 15) is 4.79 Å². The van der Waals surface area contributed by atoms with Crippen LogP contribution in [0.15, 0.2) is 0 Å². The third-order valence-corrected chi connectivity index (χ3v) is 2.25. The molecule has 0 aliphatic rings. The van der Waals surface area contributed by atoms with Crippen molar-refractivity contribution in [1.29, 1.82) is 0 Å². The van der Waals surface area contributed by atoms with Crippen LogP contribution in [-0.2, 0) is 4.79 Å². The Kier molecular flexibility index (Phi) is 4.40. The highest BCUT2D eigenvalue weighted by Gasteiger charge is 2.21. The molecule has 78 valence electrons. The minimum Gasteiger partial charge on any atom is -0.343 e. The second-order valence-corrected chi connectivity index (χ2v) is 4.43. The van der Waals surface area contributed by atoms with Crippen molar-refractivity contribution in [1.82, 2.24) is 4.90 Å². The molecular formula is C10H22N2O. The van der Waals surface area contributed by atoms with Gasteiger partial charge in [0, 0.05) is 25.0 Å². The highest BCUT2D eigenvalue weighted by atomic mass is 16.2. The lowest BCUT2D eigenvalue weighted by Crippen LogP contribution is -2.42. The maximum atomic E-state index is 11.6. The van der Waals surface area contributed by atoms with Crippen LogP contribution in [0.3, 0.4) is 0 Å². The molecule has 0 bridgehead atoms. The predicted molar refractivity (Wildman–Crippen MR) is 55.4 cm³/mol. The lowest BCUT2D eigenvalue weighted by molar-refractivity contribution is -0.132. The van der Waals surface area contributed by atoms with Crippen LogP contribution in [0.25, 0.3) is 0 Å². The zero-order valence-corrected chi connectivity index (χ0v) is 9.42. The molecule has 0 rings (SSSR count). The SMILES string of the molecule is CCC(C)N(C)C(=O)CC(C)(C)N. The molecule has 0 aromatic carbocycles. The van der Waals surface area contributed by atoms with Crippen molar-refractivity contribution < 1.29 is 4.79 Å². The predicted octanol–water partition coefficient (Wildman–Crippen LogP) is 1.37. The summed E-state index contributed by atoms with van der Waals surface area (Å²) in [4.78, 5) is 13.4. The van der Waals surface area contributed by atoms with Crippen LogP contribution in [0, 0.1) is 0 Å². The highest BCUT2D eigenvalue weighted by molar-refractivity contribution is 5.77. The summed E-state index contributed by atoms with van der Waals surface area (Å²) in [7, 11) is 1.84. The van der Waals surface area contributed by atoms with Gasteiger partial charge in [-0.2, -0.15) is 0 Å². The Morgan fingerprint density at radius 3 is 2.31 bits per heavy atom. The molecule has 1 unspecified atom stereocenters. The quantitative estimate of drug-likeness (QED) is 0.720. The minimum atomic E-state index is -0.404. The second kappa shape index (κ2) is 4.61. The zero-order chi connectivity index (χ0) is 10.6. The molecule has 13 heavy (non-hydrogen) atoms. The van der Waals surface area contributed by atoms with E-state index < -0.39 is 5.54 Å². The average Bonchev–Trinajstić information content (AvgIpc) is 1.98. The second-order valence-electron chi connectivity index (χ2n) is 4.43. The molecule has 1 atom stereocenters. The van der Waals surface area contributed by atoms with Crippen LogP contribution in [0.1, 0.15) is 40.5 Å². The molecule has 3 nitrogen and oxygen atoms in total. The van der Waals surface area contributed by atoms with E-state index in [2.05, 4.69) is 6.92 Å². The van der Waals surface area contributed by atoms with E-state index in [-0.39, 0.29) is 5.91 Å². The Labute approximate surface area is 81.3 Å². The third-order valence-electron chi connectivity index (χ3n) is 2.25. The van der Waals surface area contributed by atoms with Gasteiger partial charge in [-0.05, 0) is 27.2 Å². The summed E-state index contributed by atoms with van der Waals surface area (Å²) in [5.74, 6) is 0.127. The van der Waals surface area contributed by atoms with Gasteiger partial charge in [-0.15, -0.1) is 0 Å². The molecule has 0 aromatic heterocycles. The number of amides is 1. The standard InChI is InChI=1S/C10H22N2O/c1-6-8(2)12(5)9(13)7-10(3,4)11/h8H,6-7,11H2,1-5H3. The summed E-state index contributed by atoms with van der Waals surface area (Å²) in [6, 6.07) is 0.301. The zero-order valence-electron chi connectivity index (χ0n) is 9.42. The number of rotatable bonds is 4. The molecule has 0 aliphatic heterocycles. The molecule has 0 saturated carbocycles. The summed E-state index contributed by atoms with van der Waals surface area (Å²) in [5, 5.41) is 0. The van der Waals surface area contributed by atoms with E-state index in [1.165, 1.54) is 0 Å². The molecule has 2 N–H and O–H groups in total. The number of hydrogen-bond donors (Lipinski definition) is 1. The summed E-state index contributed by atoms with van der Waals surface area (Å²) in [6.45, 7) is 7.86. The van der Waals surface area contributed by atoms with Crippen molar-refractivity contribution in [2.75, 3.05) is 7.05 Å². The van der Waals surface area contributed by atoms with Gasteiger partial charge in [0.1, 0.15) is 0 Å². The minimum absolute atomic E-state index is 0.127. The lowest BCUT2D eigenvalue weighted by atomic mass is 10.0. The number of nitrogens with zero attached hydrogens (tertiary/aromatic N) is 1. The first-order valence-corrected chi connectivity index (χ1v) is 4.82. The smallest absolute Gasteiger partial charge is 0.224 e. The number of hydrogen-bond acceptors (Lipinski definition) is 2. The molecule has 0 fully saturated rings. The highest BCUT2D eigenvalue weighted by Crippen LogP contribution is 2.09. The van der Waals surface area contributed by atoms with Crippen molar-refractivity contribution in [3.63, 3.8) is 0 Å². The average molecular weight is 186 g/mol.